The molecule has 0 aliphatic carbocycles. The molecule has 140 valence electrons. The van der Waals surface area contributed by atoms with Crippen LogP contribution in [-0.4, -0.2) is 39.2 Å². The number of furan rings is 1. The Morgan fingerprint density at radius 3 is 2.65 bits per heavy atom. The first-order valence-electron chi connectivity index (χ1n) is 8.45. The van der Waals surface area contributed by atoms with Crippen LogP contribution < -0.4 is 10.6 Å². The van der Waals surface area contributed by atoms with Crippen molar-refractivity contribution in [2.45, 2.75) is 19.6 Å². The Balaban J connectivity index is 1.62. The molecular formula is C19H25N3O4. The maximum absolute atomic E-state index is 11.4. The summed E-state index contributed by atoms with van der Waals surface area (Å²) >= 11 is 0. The lowest BCUT2D eigenvalue weighted by Crippen LogP contribution is -2.37. The van der Waals surface area contributed by atoms with Gasteiger partial charge in [-0.3, -0.25) is 4.99 Å². The van der Waals surface area contributed by atoms with Crippen LogP contribution in [0.25, 0.3) is 0 Å². The van der Waals surface area contributed by atoms with Crippen LogP contribution in [0.5, 0.6) is 0 Å². The summed E-state index contributed by atoms with van der Waals surface area (Å²) in [4.78, 5) is 15.6. The molecule has 0 fully saturated rings. The lowest BCUT2D eigenvalue weighted by Gasteiger charge is -2.12. The van der Waals surface area contributed by atoms with Crippen molar-refractivity contribution < 1.29 is 18.7 Å². The highest BCUT2D eigenvalue weighted by Gasteiger charge is 2.04. The Morgan fingerprint density at radius 1 is 1.19 bits per heavy atom. The van der Waals surface area contributed by atoms with Crippen molar-refractivity contribution in [1.29, 1.82) is 0 Å². The van der Waals surface area contributed by atoms with Crippen LogP contribution >= 0.6 is 0 Å². The summed E-state index contributed by atoms with van der Waals surface area (Å²) in [5.41, 5.74) is 1.58. The second-order valence-corrected chi connectivity index (χ2v) is 5.53. The predicted molar refractivity (Wildman–Crippen MR) is 99.0 cm³/mol. The van der Waals surface area contributed by atoms with Gasteiger partial charge in [0, 0.05) is 26.7 Å². The van der Waals surface area contributed by atoms with Crippen LogP contribution in [0.1, 0.15) is 28.1 Å². The molecule has 7 nitrogen and oxygen atoms in total. The number of aliphatic imine (C=N–C) groups is 1. The third kappa shape index (κ3) is 6.60. The average molecular weight is 359 g/mol. The first-order chi connectivity index (χ1) is 12.7. The molecule has 0 atom stereocenters. The largest absolute Gasteiger partial charge is 0.467 e. The topological polar surface area (TPSA) is 85.1 Å². The molecule has 26 heavy (non-hydrogen) atoms. The SMILES string of the molecule is CN=C(NCCCOCc1ccco1)NCc1ccc(C(=O)OC)cc1. The van der Waals surface area contributed by atoms with Crippen molar-refractivity contribution >= 4 is 11.9 Å². The van der Waals surface area contributed by atoms with Crippen LogP contribution in [0.4, 0.5) is 0 Å². The molecule has 0 aliphatic heterocycles. The first kappa shape index (κ1) is 19.5. The minimum atomic E-state index is -0.337. The average Bonchev–Trinajstić information content (AvgIpc) is 3.20. The first-order valence-corrected chi connectivity index (χ1v) is 8.45. The molecule has 0 saturated carbocycles. The van der Waals surface area contributed by atoms with E-state index in [1.807, 2.05) is 24.3 Å². The lowest BCUT2D eigenvalue weighted by molar-refractivity contribution is 0.0600. The van der Waals surface area contributed by atoms with Gasteiger partial charge in [-0.05, 0) is 36.2 Å². The minimum absolute atomic E-state index is 0.337. The summed E-state index contributed by atoms with van der Waals surface area (Å²) in [6.45, 7) is 2.48. The van der Waals surface area contributed by atoms with Crippen molar-refractivity contribution in [1.82, 2.24) is 10.6 Å². The van der Waals surface area contributed by atoms with Gasteiger partial charge in [-0.25, -0.2) is 4.79 Å². The van der Waals surface area contributed by atoms with Crippen molar-refractivity contribution in [2.75, 3.05) is 27.3 Å². The molecule has 0 unspecified atom stereocenters. The zero-order valence-electron chi connectivity index (χ0n) is 15.2. The van der Waals surface area contributed by atoms with Gasteiger partial charge in [0.1, 0.15) is 12.4 Å². The number of nitrogens with one attached hydrogen (secondary N) is 2. The Labute approximate surface area is 153 Å². The number of hydrogen-bond acceptors (Lipinski definition) is 5. The summed E-state index contributed by atoms with van der Waals surface area (Å²) in [5, 5.41) is 6.46. The summed E-state index contributed by atoms with van der Waals surface area (Å²) in [6, 6.07) is 11.0. The maximum Gasteiger partial charge on any atom is 0.337 e. The van der Waals surface area contributed by atoms with E-state index in [0.29, 0.717) is 31.3 Å². The van der Waals surface area contributed by atoms with Gasteiger partial charge in [0.2, 0.25) is 0 Å². The number of guanidine groups is 1. The molecule has 0 bridgehead atoms. The highest BCUT2D eigenvalue weighted by atomic mass is 16.5. The number of benzene rings is 1. The third-order valence-corrected chi connectivity index (χ3v) is 3.64. The standard InChI is InChI=1S/C19H25N3O4/c1-20-19(21-10-4-11-25-14-17-5-3-12-26-17)22-13-15-6-8-16(9-7-15)18(23)24-2/h3,5-9,12H,4,10-11,13-14H2,1-2H3,(H2,20,21,22). The van der Waals surface area contributed by atoms with E-state index in [1.165, 1.54) is 7.11 Å². The van der Waals surface area contributed by atoms with Gasteiger partial charge < -0.3 is 24.5 Å². The van der Waals surface area contributed by atoms with Crippen molar-refractivity contribution in [3.63, 3.8) is 0 Å². The molecule has 0 spiro atoms. The van der Waals surface area contributed by atoms with Crippen LogP contribution in [0.15, 0.2) is 52.1 Å². The van der Waals surface area contributed by atoms with E-state index in [1.54, 1.807) is 25.4 Å². The fraction of sp³-hybridized carbons (Fsp3) is 0.368. The van der Waals surface area contributed by atoms with Crippen LogP contribution in [-0.2, 0) is 22.6 Å². The highest BCUT2D eigenvalue weighted by Crippen LogP contribution is 2.05. The molecule has 0 aliphatic rings. The molecule has 2 rings (SSSR count). The van der Waals surface area contributed by atoms with Crippen molar-refractivity contribution in [3.05, 3.63) is 59.5 Å². The fourth-order valence-electron chi connectivity index (χ4n) is 2.23. The number of carbonyl (C=O) groups excluding carboxylic acids is 1. The van der Waals surface area contributed by atoms with Crippen LogP contribution in [0, 0.1) is 0 Å². The second-order valence-electron chi connectivity index (χ2n) is 5.53. The van der Waals surface area contributed by atoms with Gasteiger partial charge in [-0.15, -0.1) is 0 Å². The number of rotatable bonds is 9. The van der Waals surface area contributed by atoms with E-state index in [4.69, 9.17) is 9.15 Å². The van der Waals surface area contributed by atoms with Gasteiger partial charge >= 0.3 is 5.97 Å². The number of carbonyl (C=O) groups is 1. The molecular weight excluding hydrogens is 334 g/mol. The van der Waals surface area contributed by atoms with E-state index < -0.39 is 0 Å². The second kappa shape index (κ2) is 10.9. The van der Waals surface area contributed by atoms with Crippen molar-refractivity contribution in [3.8, 4) is 0 Å². The van der Waals surface area contributed by atoms with E-state index in [2.05, 4.69) is 20.4 Å². The van der Waals surface area contributed by atoms with E-state index >= 15 is 0 Å². The fourth-order valence-corrected chi connectivity index (χ4v) is 2.23. The molecule has 1 aromatic heterocycles. The highest BCUT2D eigenvalue weighted by molar-refractivity contribution is 5.89. The summed E-state index contributed by atoms with van der Waals surface area (Å²) < 4.78 is 15.4. The molecule has 1 aromatic carbocycles. The molecule has 0 amide bonds. The zero-order valence-corrected chi connectivity index (χ0v) is 15.2. The van der Waals surface area contributed by atoms with Crippen LogP contribution in [0.3, 0.4) is 0 Å². The van der Waals surface area contributed by atoms with Gasteiger partial charge in [0.05, 0.1) is 18.9 Å². The molecule has 0 saturated heterocycles. The third-order valence-electron chi connectivity index (χ3n) is 3.64. The smallest absolute Gasteiger partial charge is 0.337 e. The monoisotopic (exact) mass is 359 g/mol. The lowest BCUT2D eigenvalue weighted by atomic mass is 10.1. The zero-order chi connectivity index (χ0) is 18.6. The molecule has 2 N–H and O–H groups in total. The van der Waals surface area contributed by atoms with E-state index in [9.17, 15) is 4.79 Å². The Kier molecular flexibility index (Phi) is 8.21. The van der Waals surface area contributed by atoms with Gasteiger partial charge in [-0.1, -0.05) is 12.1 Å². The Hall–Kier alpha value is -2.80. The predicted octanol–water partition coefficient (Wildman–Crippen LogP) is 2.34. The molecule has 0 radical (unpaired) electrons. The number of nitrogens with zero attached hydrogens (tertiary/aromatic N) is 1. The van der Waals surface area contributed by atoms with Gasteiger partial charge in [-0.2, -0.15) is 0 Å². The molecule has 1 heterocycles. The molecule has 7 heteroatoms. The van der Waals surface area contributed by atoms with Crippen LogP contribution in [0.2, 0.25) is 0 Å². The Bertz CT molecular complexity index is 681. The van der Waals surface area contributed by atoms with Gasteiger partial charge in [0.25, 0.3) is 0 Å². The number of esters is 1. The minimum Gasteiger partial charge on any atom is -0.467 e. The summed E-state index contributed by atoms with van der Waals surface area (Å²) in [7, 11) is 3.10. The number of methoxy groups -OCH3 is 1. The summed E-state index contributed by atoms with van der Waals surface area (Å²) in [6.07, 6.45) is 2.49. The quantitative estimate of drug-likeness (QED) is 0.309. The Morgan fingerprint density at radius 2 is 2.00 bits per heavy atom. The number of hydrogen-bond donors (Lipinski definition) is 2. The van der Waals surface area contributed by atoms with E-state index in [-0.39, 0.29) is 5.97 Å². The molecule has 2 aromatic rings. The summed E-state index contributed by atoms with van der Waals surface area (Å²) in [5.74, 6) is 1.21. The number of ether oxygens (including phenoxy) is 2. The maximum atomic E-state index is 11.4. The normalized spacial score (nSPS) is 11.2. The van der Waals surface area contributed by atoms with Crippen molar-refractivity contribution in [2.24, 2.45) is 4.99 Å². The van der Waals surface area contributed by atoms with Gasteiger partial charge in [0.15, 0.2) is 5.96 Å². The van der Waals surface area contributed by atoms with E-state index in [0.717, 1.165) is 24.3 Å².